The van der Waals surface area contributed by atoms with Crippen molar-refractivity contribution in [1.29, 1.82) is 0 Å². The first kappa shape index (κ1) is 48.0. The minimum Gasteiger partial charge on any atom is -0.544 e. The lowest BCUT2D eigenvalue weighted by molar-refractivity contribution is -0.889. The first-order chi connectivity index (χ1) is 24.6. The first-order valence-electron chi connectivity index (χ1n) is 19.8. The lowest BCUT2D eigenvalue weighted by atomic mass is 10.1. The zero-order valence-corrected chi connectivity index (χ0v) is 33.0. The van der Waals surface area contributed by atoms with Gasteiger partial charge in [0.1, 0.15) is 12.6 Å². The molecular weight excluding hydrogens is 642 g/mol. The Morgan fingerprint density at radius 3 is 1.76 bits per heavy atom. The Morgan fingerprint density at radius 1 is 0.647 bits per heavy atom. The highest BCUT2D eigenvalue weighted by Gasteiger charge is 2.25. The van der Waals surface area contributed by atoms with Crippen LogP contribution < -0.4 is 5.11 Å². The molecule has 0 radical (unpaired) electrons. The third-order valence-corrected chi connectivity index (χ3v) is 8.45. The number of hydrogen-bond acceptors (Lipinski definition) is 7. The molecule has 0 aromatic rings. The molecule has 0 amide bonds. The van der Waals surface area contributed by atoms with Crippen LogP contribution in [0.4, 0.5) is 0 Å². The fourth-order valence-electron chi connectivity index (χ4n) is 5.36. The molecule has 0 aromatic heterocycles. The lowest BCUT2D eigenvalue weighted by Gasteiger charge is -2.34. The summed E-state index contributed by atoms with van der Waals surface area (Å²) >= 11 is 0. The van der Waals surface area contributed by atoms with E-state index < -0.39 is 24.1 Å². The van der Waals surface area contributed by atoms with Gasteiger partial charge in [-0.25, -0.2) is 0 Å². The molecular formula is C43H73NO7. The van der Waals surface area contributed by atoms with Crippen LogP contribution in [0.25, 0.3) is 0 Å². The van der Waals surface area contributed by atoms with Gasteiger partial charge < -0.3 is 28.6 Å². The maximum absolute atomic E-state index is 12.6. The van der Waals surface area contributed by atoms with Gasteiger partial charge in [0.2, 0.25) is 0 Å². The van der Waals surface area contributed by atoms with Gasteiger partial charge in [-0.05, 0) is 51.4 Å². The molecule has 0 aromatic carbocycles. The molecule has 8 heteroatoms. The van der Waals surface area contributed by atoms with Gasteiger partial charge in [0.05, 0.1) is 46.7 Å². The second-order valence-corrected chi connectivity index (χ2v) is 14.2. The monoisotopic (exact) mass is 716 g/mol. The number of quaternary nitrogens is 1. The smallest absolute Gasteiger partial charge is 0.309 e. The minimum atomic E-state index is -1.14. The van der Waals surface area contributed by atoms with E-state index in [4.69, 9.17) is 14.2 Å². The quantitative estimate of drug-likeness (QED) is 0.0216. The molecule has 2 unspecified atom stereocenters. The van der Waals surface area contributed by atoms with Crippen LogP contribution in [0.2, 0.25) is 0 Å². The molecule has 292 valence electrons. The standard InChI is InChI=1S/C43H73NO7/c1-6-8-10-12-14-16-17-18-19-20-21-22-23-24-26-28-30-32-34-42(46)51-39(37-49-36-35-40(43(47)48)44(3,4)5)38-50-41(45)33-31-29-27-25-15-13-11-9-7-2/h9,11,15,19-22,25,29,31,39-40H,6-8,10,12-14,16-18,23-24,26-28,30,32-38H2,1-5H3/b11-9+,20-19+,22-21+,25-15+,31-29+. The van der Waals surface area contributed by atoms with Crippen molar-refractivity contribution in [2.75, 3.05) is 41.0 Å². The van der Waals surface area contributed by atoms with E-state index in [2.05, 4.69) is 56.4 Å². The largest absolute Gasteiger partial charge is 0.544 e. The van der Waals surface area contributed by atoms with Crippen LogP contribution >= 0.6 is 0 Å². The summed E-state index contributed by atoms with van der Waals surface area (Å²) in [4.78, 5) is 36.5. The van der Waals surface area contributed by atoms with E-state index >= 15 is 0 Å². The Hall–Kier alpha value is -2.97. The van der Waals surface area contributed by atoms with E-state index in [0.717, 1.165) is 64.2 Å². The van der Waals surface area contributed by atoms with Crippen molar-refractivity contribution in [2.24, 2.45) is 0 Å². The van der Waals surface area contributed by atoms with Crippen LogP contribution in [0, 0.1) is 0 Å². The number of likely N-dealkylation sites (N-methyl/N-ethyl adjacent to an activating group) is 1. The van der Waals surface area contributed by atoms with E-state index in [1.54, 1.807) is 27.2 Å². The Morgan fingerprint density at radius 2 is 1.20 bits per heavy atom. The van der Waals surface area contributed by atoms with Crippen molar-refractivity contribution in [3.05, 3.63) is 60.8 Å². The van der Waals surface area contributed by atoms with Gasteiger partial charge in [0.25, 0.3) is 0 Å². The summed E-state index contributed by atoms with van der Waals surface area (Å²) in [5.74, 6) is -1.92. The number of unbranched alkanes of at least 4 members (excludes halogenated alkanes) is 12. The summed E-state index contributed by atoms with van der Waals surface area (Å²) in [6, 6.07) is -0.740. The second-order valence-electron chi connectivity index (χ2n) is 14.2. The molecule has 0 saturated heterocycles. The van der Waals surface area contributed by atoms with Crippen LogP contribution in [0.5, 0.6) is 0 Å². The molecule has 51 heavy (non-hydrogen) atoms. The number of carbonyl (C=O) groups excluding carboxylic acids is 3. The average Bonchev–Trinajstić information content (AvgIpc) is 3.08. The molecule has 0 saturated carbocycles. The van der Waals surface area contributed by atoms with Crippen molar-refractivity contribution >= 4 is 17.9 Å². The minimum absolute atomic E-state index is 0.00483. The third kappa shape index (κ3) is 32.7. The van der Waals surface area contributed by atoms with Crippen molar-refractivity contribution in [3.8, 4) is 0 Å². The SMILES string of the molecule is CC/C=C/C/C=C/C/C=C/CC(=O)OCC(COCCC(C(=O)[O-])[N+](C)(C)C)OC(=O)CCCCCCC/C=C/C=C/CCCCCCCCC. The summed E-state index contributed by atoms with van der Waals surface area (Å²) in [7, 11) is 5.36. The van der Waals surface area contributed by atoms with Gasteiger partial charge in [0.15, 0.2) is 6.10 Å². The number of ether oxygens (including phenoxy) is 3. The lowest BCUT2D eigenvalue weighted by Crippen LogP contribution is -2.55. The van der Waals surface area contributed by atoms with Gasteiger partial charge >= 0.3 is 11.9 Å². The summed E-state index contributed by atoms with van der Waals surface area (Å²) in [6.07, 6.45) is 40.0. The zero-order chi connectivity index (χ0) is 37.8. The molecule has 0 aliphatic rings. The number of carbonyl (C=O) groups is 3. The maximum atomic E-state index is 12.6. The van der Waals surface area contributed by atoms with Gasteiger partial charge in [-0.2, -0.15) is 0 Å². The predicted octanol–water partition coefficient (Wildman–Crippen LogP) is 8.91. The maximum Gasteiger partial charge on any atom is 0.309 e. The molecule has 0 N–H and O–H groups in total. The average molecular weight is 716 g/mol. The van der Waals surface area contributed by atoms with Gasteiger partial charge in [-0.15, -0.1) is 0 Å². The van der Waals surface area contributed by atoms with Gasteiger partial charge in [-0.3, -0.25) is 9.59 Å². The number of allylic oxidation sites excluding steroid dienone is 9. The summed E-state index contributed by atoms with van der Waals surface area (Å²) < 4.78 is 16.9. The summed E-state index contributed by atoms with van der Waals surface area (Å²) in [6.45, 7) is 4.38. The number of esters is 2. The number of nitrogens with zero attached hydrogens (tertiary/aromatic N) is 1. The van der Waals surface area contributed by atoms with Crippen molar-refractivity contribution in [3.63, 3.8) is 0 Å². The fraction of sp³-hybridized carbons (Fsp3) is 0.698. The Kier molecular flexibility index (Phi) is 32.1. The summed E-state index contributed by atoms with van der Waals surface area (Å²) in [5.41, 5.74) is 0. The van der Waals surface area contributed by atoms with Crippen LogP contribution in [0.3, 0.4) is 0 Å². The zero-order valence-electron chi connectivity index (χ0n) is 33.0. The molecule has 0 bridgehead atoms. The highest BCUT2D eigenvalue weighted by molar-refractivity contribution is 5.71. The third-order valence-electron chi connectivity index (χ3n) is 8.45. The molecule has 0 fully saturated rings. The first-order valence-corrected chi connectivity index (χ1v) is 19.8. The fourth-order valence-corrected chi connectivity index (χ4v) is 5.36. The van der Waals surface area contributed by atoms with Crippen LogP contribution in [-0.2, 0) is 28.6 Å². The predicted molar refractivity (Wildman–Crippen MR) is 208 cm³/mol. The van der Waals surface area contributed by atoms with Crippen molar-refractivity contribution < 1.29 is 38.2 Å². The molecule has 0 heterocycles. The van der Waals surface area contributed by atoms with Gasteiger partial charge in [-0.1, -0.05) is 132 Å². The molecule has 0 spiro atoms. The Bertz CT molecular complexity index is 1020. The van der Waals surface area contributed by atoms with E-state index in [-0.39, 0.29) is 49.5 Å². The van der Waals surface area contributed by atoms with Crippen molar-refractivity contribution in [1.82, 2.24) is 0 Å². The number of rotatable bonds is 34. The number of aliphatic carboxylic acids is 1. The topological polar surface area (TPSA) is 102 Å². The molecule has 0 aliphatic carbocycles. The number of carboxylic acid groups (broad SMARTS) is 1. The highest BCUT2D eigenvalue weighted by Crippen LogP contribution is 2.12. The Labute approximate surface area is 311 Å². The van der Waals surface area contributed by atoms with E-state index in [9.17, 15) is 19.5 Å². The highest BCUT2D eigenvalue weighted by atomic mass is 16.6. The summed E-state index contributed by atoms with van der Waals surface area (Å²) in [5, 5.41) is 11.6. The number of hydrogen-bond donors (Lipinski definition) is 0. The van der Waals surface area contributed by atoms with Crippen LogP contribution in [0.1, 0.15) is 142 Å². The second kappa shape index (κ2) is 34.1. The molecule has 0 aliphatic heterocycles. The van der Waals surface area contributed by atoms with Crippen molar-refractivity contribution in [2.45, 2.75) is 154 Å². The Balaban J connectivity index is 4.46. The van der Waals surface area contributed by atoms with Gasteiger partial charge in [0, 0.05) is 12.8 Å². The molecule has 8 nitrogen and oxygen atoms in total. The van der Waals surface area contributed by atoms with Crippen LogP contribution in [-0.4, -0.2) is 75.5 Å². The molecule has 2 atom stereocenters. The van der Waals surface area contributed by atoms with E-state index in [1.807, 2.05) is 12.2 Å². The van der Waals surface area contributed by atoms with E-state index in [1.165, 1.54) is 44.9 Å². The van der Waals surface area contributed by atoms with E-state index in [0.29, 0.717) is 0 Å². The normalized spacial score (nSPS) is 13.7. The molecule has 0 rings (SSSR count). The number of carboxylic acids is 1. The van der Waals surface area contributed by atoms with Crippen LogP contribution in [0.15, 0.2) is 60.8 Å².